The number of halogens is 1. The SMILES string of the molecule is Cc1nc(Sc2ncccc2Br)n[nH]1. The largest absolute Gasteiger partial charge is 0.262 e. The molecule has 0 unspecified atom stereocenters. The van der Waals surface area contributed by atoms with Gasteiger partial charge in [0.1, 0.15) is 10.9 Å². The van der Waals surface area contributed by atoms with Crippen molar-refractivity contribution in [2.24, 2.45) is 0 Å². The lowest BCUT2D eigenvalue weighted by Gasteiger charge is -1.97. The first-order chi connectivity index (χ1) is 6.75. The number of hydrogen-bond acceptors (Lipinski definition) is 4. The quantitative estimate of drug-likeness (QED) is 0.911. The van der Waals surface area contributed by atoms with Crippen molar-refractivity contribution >= 4 is 27.7 Å². The zero-order valence-electron chi connectivity index (χ0n) is 7.36. The normalized spacial score (nSPS) is 10.4. The second kappa shape index (κ2) is 4.10. The van der Waals surface area contributed by atoms with Crippen LogP contribution in [0.2, 0.25) is 0 Å². The van der Waals surface area contributed by atoms with Gasteiger partial charge in [0.25, 0.3) is 0 Å². The van der Waals surface area contributed by atoms with Crippen LogP contribution in [0.5, 0.6) is 0 Å². The van der Waals surface area contributed by atoms with E-state index in [0.717, 1.165) is 15.3 Å². The van der Waals surface area contributed by atoms with Crippen LogP contribution in [-0.2, 0) is 0 Å². The third kappa shape index (κ3) is 2.13. The number of hydrogen-bond donors (Lipinski definition) is 1. The predicted molar refractivity (Wildman–Crippen MR) is 57.2 cm³/mol. The Labute approximate surface area is 93.7 Å². The van der Waals surface area contributed by atoms with Crippen molar-refractivity contribution in [3.63, 3.8) is 0 Å². The minimum Gasteiger partial charge on any atom is -0.262 e. The third-order valence-corrected chi connectivity index (χ3v) is 3.28. The Morgan fingerprint density at radius 2 is 2.36 bits per heavy atom. The van der Waals surface area contributed by atoms with Gasteiger partial charge in [-0.25, -0.2) is 9.97 Å². The van der Waals surface area contributed by atoms with E-state index in [-0.39, 0.29) is 0 Å². The maximum absolute atomic E-state index is 4.21. The van der Waals surface area contributed by atoms with Gasteiger partial charge in [0.15, 0.2) is 0 Å². The number of rotatable bonds is 2. The van der Waals surface area contributed by atoms with Gasteiger partial charge in [0, 0.05) is 6.20 Å². The Kier molecular flexibility index (Phi) is 2.83. The van der Waals surface area contributed by atoms with Crippen LogP contribution in [0.25, 0.3) is 0 Å². The number of nitrogens with zero attached hydrogens (tertiary/aromatic N) is 3. The second-order valence-electron chi connectivity index (χ2n) is 2.60. The standard InChI is InChI=1S/C8H7BrN4S/c1-5-11-8(13-12-5)14-7-6(9)3-2-4-10-7/h2-4H,1H3,(H,11,12,13). The van der Waals surface area contributed by atoms with Crippen molar-refractivity contribution in [1.82, 2.24) is 20.2 Å². The van der Waals surface area contributed by atoms with Gasteiger partial charge in [-0.05, 0) is 46.7 Å². The summed E-state index contributed by atoms with van der Waals surface area (Å²) in [6, 6.07) is 3.81. The van der Waals surface area contributed by atoms with Gasteiger partial charge in [-0.15, -0.1) is 5.10 Å². The monoisotopic (exact) mass is 270 g/mol. The highest BCUT2D eigenvalue weighted by Crippen LogP contribution is 2.28. The molecule has 14 heavy (non-hydrogen) atoms. The van der Waals surface area contributed by atoms with Gasteiger partial charge < -0.3 is 0 Å². The summed E-state index contributed by atoms with van der Waals surface area (Å²) in [6.07, 6.45) is 1.74. The summed E-state index contributed by atoms with van der Waals surface area (Å²) in [5, 5.41) is 8.35. The highest BCUT2D eigenvalue weighted by atomic mass is 79.9. The highest BCUT2D eigenvalue weighted by molar-refractivity contribution is 9.10. The van der Waals surface area contributed by atoms with E-state index < -0.39 is 0 Å². The number of aromatic nitrogens is 4. The molecule has 0 spiro atoms. The Hall–Kier alpha value is -0.880. The maximum Gasteiger partial charge on any atom is 0.214 e. The summed E-state index contributed by atoms with van der Waals surface area (Å²) >= 11 is 4.84. The average molecular weight is 271 g/mol. The molecule has 1 N–H and O–H groups in total. The number of nitrogens with one attached hydrogen (secondary N) is 1. The van der Waals surface area contributed by atoms with E-state index in [1.165, 1.54) is 11.8 Å². The molecule has 0 bridgehead atoms. The van der Waals surface area contributed by atoms with Gasteiger partial charge in [-0.3, -0.25) is 5.10 Å². The summed E-state index contributed by atoms with van der Waals surface area (Å²) in [5.41, 5.74) is 0. The Balaban J connectivity index is 2.23. The molecule has 0 aliphatic carbocycles. The molecule has 2 aromatic heterocycles. The number of aromatic amines is 1. The molecule has 6 heteroatoms. The third-order valence-electron chi connectivity index (χ3n) is 1.49. The fourth-order valence-corrected chi connectivity index (χ4v) is 2.12. The Morgan fingerprint density at radius 1 is 1.50 bits per heavy atom. The van der Waals surface area contributed by atoms with E-state index in [0.29, 0.717) is 5.16 Å². The fraction of sp³-hybridized carbons (Fsp3) is 0.125. The number of H-pyrrole nitrogens is 1. The first-order valence-electron chi connectivity index (χ1n) is 3.93. The topological polar surface area (TPSA) is 54.5 Å². The zero-order valence-corrected chi connectivity index (χ0v) is 9.76. The molecule has 2 aromatic rings. The first-order valence-corrected chi connectivity index (χ1v) is 5.54. The molecule has 0 saturated heterocycles. The van der Waals surface area contributed by atoms with Crippen molar-refractivity contribution in [2.75, 3.05) is 0 Å². The van der Waals surface area contributed by atoms with Crippen molar-refractivity contribution < 1.29 is 0 Å². The summed E-state index contributed by atoms with van der Waals surface area (Å²) < 4.78 is 0.951. The lowest BCUT2D eigenvalue weighted by molar-refractivity contribution is 0.963. The van der Waals surface area contributed by atoms with Crippen molar-refractivity contribution in [2.45, 2.75) is 17.1 Å². The molecule has 0 radical (unpaired) electrons. The molecule has 0 aromatic carbocycles. The van der Waals surface area contributed by atoms with Gasteiger partial charge >= 0.3 is 0 Å². The van der Waals surface area contributed by atoms with Gasteiger partial charge in [-0.2, -0.15) is 0 Å². The van der Waals surface area contributed by atoms with Gasteiger partial charge in [0.2, 0.25) is 5.16 Å². The molecule has 72 valence electrons. The van der Waals surface area contributed by atoms with Crippen LogP contribution in [0.15, 0.2) is 33.0 Å². The van der Waals surface area contributed by atoms with E-state index >= 15 is 0 Å². The number of aryl methyl sites for hydroxylation is 1. The Bertz CT molecular complexity index is 442. The summed E-state index contributed by atoms with van der Waals surface area (Å²) in [4.78, 5) is 8.39. The molecule has 0 fully saturated rings. The fourth-order valence-electron chi connectivity index (χ4n) is 0.901. The lowest BCUT2D eigenvalue weighted by atomic mass is 10.5. The number of pyridine rings is 1. The van der Waals surface area contributed by atoms with Crippen molar-refractivity contribution in [3.05, 3.63) is 28.6 Å². The second-order valence-corrected chi connectivity index (χ2v) is 4.41. The van der Waals surface area contributed by atoms with Gasteiger partial charge in [-0.1, -0.05) is 0 Å². The minimum absolute atomic E-state index is 0.682. The molecule has 0 aliphatic heterocycles. The van der Waals surface area contributed by atoms with Crippen LogP contribution in [-0.4, -0.2) is 20.2 Å². The summed E-state index contributed by atoms with van der Waals surface area (Å²) in [6.45, 7) is 1.87. The van der Waals surface area contributed by atoms with Crippen LogP contribution in [0.1, 0.15) is 5.82 Å². The zero-order chi connectivity index (χ0) is 9.97. The molecule has 2 rings (SSSR count). The first kappa shape index (κ1) is 9.67. The van der Waals surface area contributed by atoms with E-state index in [1.807, 2.05) is 19.1 Å². The molecule has 2 heterocycles. The van der Waals surface area contributed by atoms with Crippen molar-refractivity contribution in [1.29, 1.82) is 0 Å². The molecule has 0 atom stereocenters. The maximum atomic E-state index is 4.21. The van der Waals surface area contributed by atoms with Crippen LogP contribution in [0, 0.1) is 6.92 Å². The average Bonchev–Trinajstić information content (AvgIpc) is 2.56. The van der Waals surface area contributed by atoms with Crippen molar-refractivity contribution in [3.8, 4) is 0 Å². The van der Waals surface area contributed by atoms with Crippen LogP contribution in [0.3, 0.4) is 0 Å². The summed E-state index contributed by atoms with van der Waals surface area (Å²) in [5.74, 6) is 0.805. The van der Waals surface area contributed by atoms with Crippen LogP contribution in [0.4, 0.5) is 0 Å². The molecule has 0 aliphatic rings. The van der Waals surface area contributed by atoms with Crippen LogP contribution < -0.4 is 0 Å². The van der Waals surface area contributed by atoms with E-state index in [1.54, 1.807) is 6.20 Å². The van der Waals surface area contributed by atoms with Gasteiger partial charge in [0.05, 0.1) is 4.47 Å². The molecule has 0 saturated carbocycles. The summed E-state index contributed by atoms with van der Waals surface area (Å²) in [7, 11) is 0. The van der Waals surface area contributed by atoms with Crippen LogP contribution >= 0.6 is 27.7 Å². The minimum atomic E-state index is 0.682. The van der Waals surface area contributed by atoms with E-state index in [2.05, 4.69) is 36.1 Å². The molecule has 4 nitrogen and oxygen atoms in total. The smallest absolute Gasteiger partial charge is 0.214 e. The lowest BCUT2D eigenvalue weighted by Crippen LogP contribution is -1.82. The molecular formula is C8H7BrN4S. The molecule has 0 amide bonds. The predicted octanol–water partition coefficient (Wildman–Crippen LogP) is 2.42. The van der Waals surface area contributed by atoms with E-state index in [4.69, 9.17) is 0 Å². The van der Waals surface area contributed by atoms with E-state index in [9.17, 15) is 0 Å². The molecular weight excluding hydrogens is 264 g/mol. The Morgan fingerprint density at radius 3 is 3.00 bits per heavy atom. The highest BCUT2D eigenvalue weighted by Gasteiger charge is 2.06.